The second-order valence-corrected chi connectivity index (χ2v) is 7.61. The molecule has 0 unspecified atom stereocenters. The molecule has 2 amide bonds. The lowest BCUT2D eigenvalue weighted by Crippen LogP contribution is -2.40. The van der Waals surface area contributed by atoms with Crippen LogP contribution in [0.15, 0.2) is 24.3 Å². The SMILES string of the molecule is CC(C)(C)c1ccc(OCCNC(=O)NCCCN2CCOCC2)cc1. The van der Waals surface area contributed by atoms with E-state index in [0.29, 0.717) is 19.7 Å². The zero-order valence-corrected chi connectivity index (χ0v) is 16.3. The van der Waals surface area contributed by atoms with Crippen LogP contribution in [0, 0.1) is 0 Å². The zero-order valence-electron chi connectivity index (χ0n) is 16.3. The van der Waals surface area contributed by atoms with E-state index in [1.54, 1.807) is 0 Å². The minimum Gasteiger partial charge on any atom is -0.492 e. The number of benzene rings is 1. The van der Waals surface area contributed by atoms with Crippen LogP contribution in [-0.2, 0) is 10.2 Å². The first-order chi connectivity index (χ1) is 12.4. The van der Waals surface area contributed by atoms with Gasteiger partial charge in [0.2, 0.25) is 0 Å². The molecule has 6 nitrogen and oxygen atoms in total. The van der Waals surface area contributed by atoms with Crippen molar-refractivity contribution in [3.05, 3.63) is 29.8 Å². The number of hydrogen-bond acceptors (Lipinski definition) is 4. The molecule has 1 aliphatic rings. The minimum atomic E-state index is -0.140. The fourth-order valence-corrected chi connectivity index (χ4v) is 2.78. The Balaban J connectivity index is 1.51. The summed E-state index contributed by atoms with van der Waals surface area (Å²) in [5.41, 5.74) is 1.42. The summed E-state index contributed by atoms with van der Waals surface area (Å²) in [5.74, 6) is 0.825. The summed E-state index contributed by atoms with van der Waals surface area (Å²) in [5, 5.41) is 5.70. The fraction of sp³-hybridized carbons (Fsp3) is 0.650. The van der Waals surface area contributed by atoms with Gasteiger partial charge in [0.05, 0.1) is 19.8 Å². The molecule has 0 atom stereocenters. The predicted molar refractivity (Wildman–Crippen MR) is 104 cm³/mol. The number of carbonyl (C=O) groups is 1. The molecule has 0 radical (unpaired) electrons. The Morgan fingerprint density at radius 3 is 2.42 bits per heavy atom. The van der Waals surface area contributed by atoms with Crippen molar-refractivity contribution in [1.82, 2.24) is 15.5 Å². The number of urea groups is 1. The lowest BCUT2D eigenvalue weighted by atomic mass is 9.87. The van der Waals surface area contributed by atoms with E-state index in [1.807, 2.05) is 12.1 Å². The number of ether oxygens (including phenoxy) is 2. The van der Waals surface area contributed by atoms with Crippen LogP contribution in [-0.4, -0.2) is 63.5 Å². The molecule has 1 fully saturated rings. The Labute approximate surface area is 157 Å². The van der Waals surface area contributed by atoms with Crippen molar-refractivity contribution in [2.45, 2.75) is 32.6 Å². The number of nitrogens with one attached hydrogen (secondary N) is 2. The molecule has 146 valence electrons. The van der Waals surface area contributed by atoms with E-state index >= 15 is 0 Å². The topological polar surface area (TPSA) is 62.8 Å². The first-order valence-electron chi connectivity index (χ1n) is 9.50. The van der Waals surface area contributed by atoms with E-state index < -0.39 is 0 Å². The van der Waals surface area contributed by atoms with Gasteiger partial charge in [-0.05, 0) is 36.1 Å². The van der Waals surface area contributed by atoms with Crippen molar-refractivity contribution in [2.24, 2.45) is 0 Å². The largest absolute Gasteiger partial charge is 0.492 e. The van der Waals surface area contributed by atoms with Crippen molar-refractivity contribution >= 4 is 6.03 Å². The summed E-state index contributed by atoms with van der Waals surface area (Å²) in [6.07, 6.45) is 0.948. The number of nitrogens with zero attached hydrogens (tertiary/aromatic N) is 1. The van der Waals surface area contributed by atoms with Crippen molar-refractivity contribution in [2.75, 3.05) is 52.5 Å². The average Bonchev–Trinajstić information content (AvgIpc) is 2.63. The van der Waals surface area contributed by atoms with E-state index in [9.17, 15) is 4.79 Å². The Morgan fingerprint density at radius 1 is 1.12 bits per heavy atom. The highest BCUT2D eigenvalue weighted by molar-refractivity contribution is 5.73. The summed E-state index contributed by atoms with van der Waals surface area (Å²) in [4.78, 5) is 14.1. The maximum absolute atomic E-state index is 11.7. The van der Waals surface area contributed by atoms with E-state index in [-0.39, 0.29) is 11.4 Å². The molecule has 1 aliphatic heterocycles. The van der Waals surface area contributed by atoms with Gasteiger partial charge in [0.25, 0.3) is 0 Å². The quantitative estimate of drug-likeness (QED) is 0.696. The molecule has 1 saturated heterocycles. The molecule has 2 N–H and O–H groups in total. The lowest BCUT2D eigenvalue weighted by molar-refractivity contribution is 0.0375. The highest BCUT2D eigenvalue weighted by Gasteiger charge is 2.13. The lowest BCUT2D eigenvalue weighted by Gasteiger charge is -2.26. The van der Waals surface area contributed by atoms with Crippen LogP contribution in [0.3, 0.4) is 0 Å². The third kappa shape index (κ3) is 7.62. The second kappa shape index (κ2) is 10.4. The highest BCUT2D eigenvalue weighted by Crippen LogP contribution is 2.24. The molecule has 6 heteroatoms. The van der Waals surface area contributed by atoms with E-state index in [4.69, 9.17) is 9.47 Å². The summed E-state index contributed by atoms with van der Waals surface area (Å²) in [6.45, 7) is 12.8. The maximum Gasteiger partial charge on any atom is 0.314 e. The number of hydrogen-bond donors (Lipinski definition) is 2. The van der Waals surface area contributed by atoms with Gasteiger partial charge in [-0.25, -0.2) is 4.79 Å². The van der Waals surface area contributed by atoms with Gasteiger partial charge >= 0.3 is 6.03 Å². The van der Waals surface area contributed by atoms with Gasteiger partial charge < -0.3 is 20.1 Å². The standard InChI is InChI=1S/C20H33N3O3/c1-20(2,3)17-5-7-18(8-6-17)26-14-10-22-19(24)21-9-4-11-23-12-15-25-16-13-23/h5-8H,4,9-16H2,1-3H3,(H2,21,22,24). The van der Waals surface area contributed by atoms with E-state index in [2.05, 4.69) is 48.4 Å². The van der Waals surface area contributed by atoms with Gasteiger partial charge in [-0.3, -0.25) is 4.90 Å². The minimum absolute atomic E-state index is 0.139. The summed E-state index contributed by atoms with van der Waals surface area (Å²) in [7, 11) is 0. The molecule has 0 saturated carbocycles. The number of morpholine rings is 1. The molecule has 0 bridgehead atoms. The van der Waals surface area contributed by atoms with Crippen LogP contribution in [0.5, 0.6) is 5.75 Å². The molecule has 26 heavy (non-hydrogen) atoms. The van der Waals surface area contributed by atoms with E-state index in [1.165, 1.54) is 5.56 Å². The molecular formula is C20H33N3O3. The zero-order chi connectivity index (χ0) is 18.8. The fourth-order valence-electron chi connectivity index (χ4n) is 2.78. The third-order valence-electron chi connectivity index (χ3n) is 4.42. The summed E-state index contributed by atoms with van der Waals surface area (Å²) in [6, 6.07) is 7.99. The Morgan fingerprint density at radius 2 is 1.77 bits per heavy atom. The highest BCUT2D eigenvalue weighted by atomic mass is 16.5. The third-order valence-corrected chi connectivity index (χ3v) is 4.42. The van der Waals surface area contributed by atoms with Gasteiger partial charge in [0, 0.05) is 19.6 Å². The molecule has 1 aromatic carbocycles. The van der Waals surface area contributed by atoms with Gasteiger partial charge in [-0.15, -0.1) is 0 Å². The average molecular weight is 364 g/mol. The number of carbonyl (C=O) groups excluding carboxylic acids is 1. The number of rotatable bonds is 8. The molecule has 0 aliphatic carbocycles. The van der Waals surface area contributed by atoms with Crippen molar-refractivity contribution in [3.63, 3.8) is 0 Å². The van der Waals surface area contributed by atoms with Crippen LogP contribution in [0.1, 0.15) is 32.8 Å². The van der Waals surface area contributed by atoms with Crippen molar-refractivity contribution in [1.29, 1.82) is 0 Å². The monoisotopic (exact) mass is 363 g/mol. The molecule has 2 rings (SSSR count). The van der Waals surface area contributed by atoms with Crippen molar-refractivity contribution in [3.8, 4) is 5.75 Å². The molecule has 1 aromatic rings. The number of amides is 2. The molecule has 0 aromatic heterocycles. The Bertz CT molecular complexity index is 534. The normalized spacial score (nSPS) is 15.5. The van der Waals surface area contributed by atoms with Crippen LogP contribution in [0.2, 0.25) is 0 Å². The predicted octanol–water partition coefficient (Wildman–Crippen LogP) is 2.38. The van der Waals surface area contributed by atoms with Crippen LogP contribution < -0.4 is 15.4 Å². The molecular weight excluding hydrogens is 330 g/mol. The van der Waals surface area contributed by atoms with Gasteiger partial charge in [0.1, 0.15) is 12.4 Å². The van der Waals surface area contributed by atoms with Crippen LogP contribution >= 0.6 is 0 Å². The smallest absolute Gasteiger partial charge is 0.314 e. The van der Waals surface area contributed by atoms with Gasteiger partial charge in [-0.2, -0.15) is 0 Å². The van der Waals surface area contributed by atoms with E-state index in [0.717, 1.165) is 45.0 Å². The van der Waals surface area contributed by atoms with Crippen LogP contribution in [0.25, 0.3) is 0 Å². The first kappa shape index (κ1) is 20.5. The Kier molecular flexibility index (Phi) is 8.19. The first-order valence-corrected chi connectivity index (χ1v) is 9.50. The molecule has 1 heterocycles. The van der Waals surface area contributed by atoms with Crippen LogP contribution in [0.4, 0.5) is 4.79 Å². The Hall–Kier alpha value is -1.79. The molecule has 0 spiro atoms. The summed E-state index contributed by atoms with van der Waals surface area (Å²) >= 11 is 0. The van der Waals surface area contributed by atoms with Crippen molar-refractivity contribution < 1.29 is 14.3 Å². The summed E-state index contributed by atoms with van der Waals surface area (Å²) < 4.78 is 11.0. The maximum atomic E-state index is 11.7. The second-order valence-electron chi connectivity index (χ2n) is 7.61. The van der Waals surface area contributed by atoms with Gasteiger partial charge in [0.15, 0.2) is 0 Å². The van der Waals surface area contributed by atoms with Gasteiger partial charge in [-0.1, -0.05) is 32.9 Å².